The number of aryl methyl sites for hydroxylation is 1. The van der Waals surface area contributed by atoms with E-state index in [2.05, 4.69) is 5.32 Å². The molecule has 1 heterocycles. The molecule has 18 heavy (non-hydrogen) atoms. The molecule has 0 saturated carbocycles. The first-order chi connectivity index (χ1) is 8.62. The molecular formula is C13H20N2O2S. The van der Waals surface area contributed by atoms with Gasteiger partial charge in [-0.25, -0.2) is 8.42 Å². The first-order valence-electron chi connectivity index (χ1n) is 6.39. The number of rotatable bonds is 2. The lowest BCUT2D eigenvalue weighted by Crippen LogP contribution is -2.38. The molecule has 0 radical (unpaired) electrons. The summed E-state index contributed by atoms with van der Waals surface area (Å²) in [6.45, 7) is 4.82. The fourth-order valence-electron chi connectivity index (χ4n) is 2.22. The van der Waals surface area contributed by atoms with Gasteiger partial charge < -0.3 is 5.32 Å². The fourth-order valence-corrected chi connectivity index (χ4v) is 3.97. The van der Waals surface area contributed by atoms with Gasteiger partial charge in [0.1, 0.15) is 0 Å². The summed E-state index contributed by atoms with van der Waals surface area (Å²) in [6, 6.07) is 7.19. The van der Waals surface area contributed by atoms with Gasteiger partial charge in [-0.05, 0) is 44.5 Å². The number of hydrogen-bond acceptors (Lipinski definition) is 3. The molecule has 4 nitrogen and oxygen atoms in total. The van der Waals surface area contributed by atoms with Crippen molar-refractivity contribution in [2.45, 2.75) is 24.7 Å². The lowest BCUT2D eigenvalue weighted by atomic mass is 10.2. The van der Waals surface area contributed by atoms with Gasteiger partial charge in [-0.1, -0.05) is 18.2 Å². The van der Waals surface area contributed by atoms with E-state index in [0.29, 0.717) is 18.0 Å². The average Bonchev–Trinajstić information content (AvgIpc) is 2.28. The molecule has 0 aliphatic carbocycles. The van der Waals surface area contributed by atoms with Crippen LogP contribution in [0.2, 0.25) is 0 Å². The molecule has 0 unspecified atom stereocenters. The zero-order chi connectivity index (χ0) is 13.0. The minimum absolute atomic E-state index is 0.443. The Morgan fingerprint density at radius 2 is 1.72 bits per heavy atom. The summed E-state index contributed by atoms with van der Waals surface area (Å²) in [5, 5.41) is 3.29. The summed E-state index contributed by atoms with van der Waals surface area (Å²) in [6.07, 6.45) is 1.73. The highest BCUT2D eigenvalue weighted by molar-refractivity contribution is 7.89. The normalized spacial score (nSPS) is 19.2. The molecule has 2 rings (SSSR count). The van der Waals surface area contributed by atoms with Gasteiger partial charge in [0.25, 0.3) is 0 Å². The van der Waals surface area contributed by atoms with Crippen molar-refractivity contribution in [1.29, 1.82) is 0 Å². The maximum absolute atomic E-state index is 12.6. The van der Waals surface area contributed by atoms with E-state index in [-0.39, 0.29) is 0 Å². The van der Waals surface area contributed by atoms with Crippen LogP contribution in [0.5, 0.6) is 0 Å². The first kappa shape index (κ1) is 13.5. The molecule has 1 aliphatic rings. The van der Waals surface area contributed by atoms with Crippen LogP contribution in [0, 0.1) is 6.92 Å². The summed E-state index contributed by atoms with van der Waals surface area (Å²) < 4.78 is 26.8. The number of sulfonamides is 1. The van der Waals surface area contributed by atoms with Crippen LogP contribution in [-0.2, 0) is 10.0 Å². The van der Waals surface area contributed by atoms with Crippen LogP contribution >= 0.6 is 0 Å². The van der Waals surface area contributed by atoms with Crippen LogP contribution in [0.4, 0.5) is 0 Å². The van der Waals surface area contributed by atoms with E-state index < -0.39 is 10.0 Å². The quantitative estimate of drug-likeness (QED) is 0.881. The molecule has 0 aromatic heterocycles. The lowest BCUT2D eigenvalue weighted by Gasteiger charge is -2.25. The largest absolute Gasteiger partial charge is 0.317 e. The third-order valence-corrected chi connectivity index (χ3v) is 5.29. The highest BCUT2D eigenvalue weighted by Crippen LogP contribution is 2.20. The van der Waals surface area contributed by atoms with Gasteiger partial charge in [0.05, 0.1) is 4.90 Å². The summed E-state index contributed by atoms with van der Waals surface area (Å²) in [7, 11) is -3.33. The van der Waals surface area contributed by atoms with E-state index >= 15 is 0 Å². The van der Waals surface area contributed by atoms with Crippen LogP contribution in [0.3, 0.4) is 0 Å². The minimum Gasteiger partial charge on any atom is -0.317 e. The third kappa shape index (κ3) is 2.91. The van der Waals surface area contributed by atoms with Crippen molar-refractivity contribution in [1.82, 2.24) is 9.62 Å². The monoisotopic (exact) mass is 268 g/mol. The highest BCUT2D eigenvalue weighted by atomic mass is 32.2. The number of benzene rings is 1. The van der Waals surface area contributed by atoms with E-state index in [4.69, 9.17) is 0 Å². The van der Waals surface area contributed by atoms with Gasteiger partial charge in [-0.2, -0.15) is 4.31 Å². The van der Waals surface area contributed by atoms with Gasteiger partial charge in [-0.3, -0.25) is 0 Å². The molecule has 5 heteroatoms. The van der Waals surface area contributed by atoms with E-state index in [1.807, 2.05) is 19.1 Å². The molecule has 1 aromatic rings. The summed E-state index contributed by atoms with van der Waals surface area (Å²) in [5.74, 6) is 0. The molecule has 100 valence electrons. The molecule has 1 fully saturated rings. The molecule has 1 N–H and O–H groups in total. The van der Waals surface area contributed by atoms with E-state index in [1.165, 1.54) is 0 Å². The molecule has 0 amide bonds. The molecule has 1 aliphatic heterocycles. The van der Waals surface area contributed by atoms with Crippen molar-refractivity contribution >= 4 is 10.0 Å². The van der Waals surface area contributed by atoms with Crippen LogP contribution in [0.1, 0.15) is 18.4 Å². The van der Waals surface area contributed by atoms with E-state index in [9.17, 15) is 8.42 Å². The zero-order valence-electron chi connectivity index (χ0n) is 10.7. The predicted octanol–water partition coefficient (Wildman–Crippen LogP) is 1.37. The maximum atomic E-state index is 12.6. The highest BCUT2D eigenvalue weighted by Gasteiger charge is 2.25. The summed E-state index contributed by atoms with van der Waals surface area (Å²) >= 11 is 0. The summed E-state index contributed by atoms with van der Waals surface area (Å²) in [4.78, 5) is 0.443. The Morgan fingerprint density at radius 1 is 1.11 bits per heavy atom. The van der Waals surface area contributed by atoms with Crippen molar-refractivity contribution in [2.75, 3.05) is 26.2 Å². The Bertz CT molecular complexity index is 491. The van der Waals surface area contributed by atoms with Crippen LogP contribution in [0.25, 0.3) is 0 Å². The van der Waals surface area contributed by atoms with E-state index in [1.54, 1.807) is 16.4 Å². The predicted molar refractivity (Wildman–Crippen MR) is 72.0 cm³/mol. The lowest BCUT2D eigenvalue weighted by molar-refractivity contribution is 0.371. The Morgan fingerprint density at radius 3 is 2.33 bits per heavy atom. The molecular weight excluding hydrogens is 248 g/mol. The third-order valence-electron chi connectivity index (χ3n) is 3.23. The summed E-state index contributed by atoms with van der Waals surface area (Å²) in [5.41, 5.74) is 0.817. The second kappa shape index (κ2) is 5.82. The van der Waals surface area contributed by atoms with E-state index in [0.717, 1.165) is 31.5 Å². The Labute approximate surface area is 109 Å². The van der Waals surface area contributed by atoms with Gasteiger partial charge >= 0.3 is 0 Å². The molecule has 1 saturated heterocycles. The first-order valence-corrected chi connectivity index (χ1v) is 7.83. The van der Waals surface area contributed by atoms with Crippen molar-refractivity contribution in [3.05, 3.63) is 29.8 Å². The smallest absolute Gasteiger partial charge is 0.243 e. The topological polar surface area (TPSA) is 49.4 Å². The second-order valence-corrected chi connectivity index (χ2v) is 6.53. The minimum atomic E-state index is -3.33. The number of hydrogen-bond donors (Lipinski definition) is 1. The van der Waals surface area contributed by atoms with Gasteiger partial charge in [0.15, 0.2) is 0 Å². The van der Waals surface area contributed by atoms with Gasteiger partial charge in [0.2, 0.25) is 10.0 Å². The average molecular weight is 268 g/mol. The van der Waals surface area contributed by atoms with Crippen LogP contribution in [0.15, 0.2) is 29.2 Å². The number of nitrogens with one attached hydrogen (secondary N) is 1. The molecule has 0 spiro atoms. The van der Waals surface area contributed by atoms with Crippen molar-refractivity contribution in [3.63, 3.8) is 0 Å². The molecule has 0 atom stereocenters. The molecule has 1 aromatic carbocycles. The maximum Gasteiger partial charge on any atom is 0.243 e. The SMILES string of the molecule is Cc1ccccc1S(=O)(=O)N1CCCNCCC1. The second-order valence-electron chi connectivity index (χ2n) is 4.63. The van der Waals surface area contributed by atoms with Crippen LogP contribution < -0.4 is 5.32 Å². The van der Waals surface area contributed by atoms with Crippen molar-refractivity contribution in [3.8, 4) is 0 Å². The van der Waals surface area contributed by atoms with Crippen molar-refractivity contribution < 1.29 is 8.42 Å². The Hall–Kier alpha value is -0.910. The van der Waals surface area contributed by atoms with Gasteiger partial charge in [-0.15, -0.1) is 0 Å². The number of nitrogens with zero attached hydrogens (tertiary/aromatic N) is 1. The Balaban J connectivity index is 2.26. The fraction of sp³-hybridized carbons (Fsp3) is 0.538. The van der Waals surface area contributed by atoms with Crippen molar-refractivity contribution in [2.24, 2.45) is 0 Å². The zero-order valence-corrected chi connectivity index (χ0v) is 11.5. The van der Waals surface area contributed by atoms with Crippen LogP contribution in [-0.4, -0.2) is 38.9 Å². The Kier molecular flexibility index (Phi) is 4.37. The molecule has 0 bridgehead atoms. The van der Waals surface area contributed by atoms with Gasteiger partial charge in [0, 0.05) is 13.1 Å². The standard InChI is InChI=1S/C13H20N2O2S/c1-12-6-2-3-7-13(12)18(16,17)15-10-4-8-14-9-5-11-15/h2-3,6-7,14H,4-5,8-11H2,1H3.